The number of likely N-dealkylation sites (N-methyl/N-ethyl adjacent to an activating group) is 1. The summed E-state index contributed by atoms with van der Waals surface area (Å²) in [7, 11) is 6.34. The standard InChI is InChI=1S/C16H16N2O.C16H15NO2.C11H13NO.C8H8N4O.C8H10N4.CH4O3S/c1-17-16(19)15-7-5-13(6-8-15)3-4-14-9-11-18(2)12-10-14;1-11-3-5-12(6-4-11)15(18)13-7-9-14(10-8-13)16(19)17-2;1-9-3-5-10(6-4-9)7-8-11(13)12-2;1-10-8(13)6-2-4-7(5-3-6)11-12-9;1-10-6-7-2-4-8(5-3-7)11-12-9;1-5(2,3)4/h3-12H,1-2H3;3-10H,1-2H3,(H,17,19);3-8H,1-2H3,(H,12,13);2-5H,1H3,(H,10,13);2-5,10H,6H2,1H3;1H3,(H,2,3,4). The average molecular weight is 1120 g/mol. The van der Waals surface area contributed by atoms with E-state index in [1.807, 2.05) is 136 Å². The predicted molar refractivity (Wildman–Crippen MR) is 317 cm³/mol. The maximum Gasteiger partial charge on any atom is 0.251 e. The van der Waals surface area contributed by atoms with E-state index in [0.717, 1.165) is 28.8 Å². The lowest BCUT2D eigenvalue weighted by molar-refractivity contribution is -0.671. The Morgan fingerprint density at radius 1 is 0.506 bits per heavy atom. The predicted octanol–water partition coefficient (Wildman–Crippen LogP) is 9.88. The molecule has 81 heavy (non-hydrogen) atoms. The number of ketones is 1. The molecule has 0 atom stereocenters. The van der Waals surface area contributed by atoms with Gasteiger partial charge in [-0.3, -0.25) is 24.0 Å². The number of amides is 4. The van der Waals surface area contributed by atoms with Crippen LogP contribution in [0.15, 0.2) is 186 Å². The van der Waals surface area contributed by atoms with Gasteiger partial charge in [0.1, 0.15) is 7.05 Å². The molecule has 0 saturated carbocycles. The maximum atomic E-state index is 12.2. The molecular weight excluding hydrogens is 1050 g/mol. The van der Waals surface area contributed by atoms with Crippen molar-refractivity contribution in [3.05, 3.63) is 258 Å². The number of hydrogen-bond donors (Lipinski definition) is 5. The van der Waals surface area contributed by atoms with Gasteiger partial charge in [0.05, 0.1) is 10.1 Å². The Morgan fingerprint density at radius 2 is 0.827 bits per heavy atom. The summed E-state index contributed by atoms with van der Waals surface area (Å²) in [6.45, 7) is 4.84. The molecule has 0 radical (unpaired) electrons. The number of hydrogen-bond acceptors (Lipinski definition) is 11. The van der Waals surface area contributed by atoms with E-state index in [9.17, 15) is 24.0 Å². The number of rotatable bonds is 13. The van der Waals surface area contributed by atoms with Crippen molar-refractivity contribution in [3.63, 3.8) is 0 Å². The maximum absolute atomic E-state index is 12.2. The quantitative estimate of drug-likeness (QED) is 0.0139. The smallest absolute Gasteiger partial charge is 0.251 e. The summed E-state index contributed by atoms with van der Waals surface area (Å²) in [6, 6.07) is 47.5. The third-order valence-corrected chi connectivity index (χ3v) is 10.6. The Balaban J connectivity index is 0.000000343. The Kier molecular flexibility index (Phi) is 30.6. The molecule has 0 bridgehead atoms. The van der Waals surface area contributed by atoms with Crippen LogP contribution >= 0.6 is 0 Å². The molecule has 1 aromatic heterocycles. The van der Waals surface area contributed by atoms with E-state index in [4.69, 9.17) is 24.0 Å². The fraction of sp³-hybridized carbons (Fsp3) is 0.167. The number of nitrogens with zero attached hydrogens (tertiary/aromatic N) is 7. The number of aryl methyl sites for hydroxylation is 3. The van der Waals surface area contributed by atoms with Crippen LogP contribution in [-0.4, -0.2) is 83.9 Å². The van der Waals surface area contributed by atoms with E-state index >= 15 is 0 Å². The van der Waals surface area contributed by atoms with Crippen LogP contribution in [0.1, 0.15) is 80.4 Å². The molecule has 0 fully saturated rings. The third-order valence-electron chi connectivity index (χ3n) is 10.6. The van der Waals surface area contributed by atoms with Crippen LogP contribution in [0, 0.1) is 13.8 Å². The fourth-order valence-corrected chi connectivity index (χ4v) is 6.24. The molecule has 0 aliphatic rings. The van der Waals surface area contributed by atoms with Gasteiger partial charge in [-0.25, -0.2) is 13.0 Å². The lowest BCUT2D eigenvalue weighted by Gasteiger charge is -2.03. The molecule has 0 aliphatic carbocycles. The van der Waals surface area contributed by atoms with E-state index < -0.39 is 10.1 Å². The molecule has 1 heterocycles. The molecule has 20 nitrogen and oxygen atoms in total. The molecular formula is C60H66N12O8S. The summed E-state index contributed by atoms with van der Waals surface area (Å²) in [5.41, 5.74) is 27.2. The van der Waals surface area contributed by atoms with E-state index in [-0.39, 0.29) is 29.4 Å². The number of pyridine rings is 1. The van der Waals surface area contributed by atoms with Crippen LogP contribution in [0.4, 0.5) is 11.4 Å². The largest absolute Gasteiger partial charge is 0.748 e. The zero-order valence-corrected chi connectivity index (χ0v) is 47.3. The number of benzene rings is 6. The van der Waals surface area contributed by atoms with Gasteiger partial charge in [0.2, 0.25) is 5.91 Å². The summed E-state index contributed by atoms with van der Waals surface area (Å²) in [4.78, 5) is 62.3. The second-order valence-corrected chi connectivity index (χ2v) is 18.4. The molecule has 0 saturated heterocycles. The lowest BCUT2D eigenvalue weighted by Crippen LogP contribution is -2.25. The fourth-order valence-electron chi connectivity index (χ4n) is 6.24. The molecule has 420 valence electrons. The summed E-state index contributed by atoms with van der Waals surface area (Å²) >= 11 is 0. The molecule has 6 aromatic carbocycles. The van der Waals surface area contributed by atoms with Crippen molar-refractivity contribution in [2.45, 2.75) is 20.4 Å². The molecule has 0 unspecified atom stereocenters. The number of aromatic nitrogens is 1. The second kappa shape index (κ2) is 36.9. The molecule has 0 spiro atoms. The molecule has 21 heteroatoms. The van der Waals surface area contributed by atoms with Gasteiger partial charge in [-0.15, -0.1) is 0 Å². The Hall–Kier alpha value is -10.0. The third kappa shape index (κ3) is 28.3. The number of azide groups is 2. The minimum atomic E-state index is -3.92. The van der Waals surface area contributed by atoms with Crippen LogP contribution in [0.25, 0.3) is 39.1 Å². The number of carbonyl (C=O) groups excluding carboxylic acids is 5. The van der Waals surface area contributed by atoms with Gasteiger partial charge in [-0.05, 0) is 96.7 Å². The number of carbonyl (C=O) groups is 5. The topological polar surface area (TPSA) is 304 Å². The van der Waals surface area contributed by atoms with Crippen LogP contribution in [0.2, 0.25) is 0 Å². The number of nitrogens with one attached hydrogen (secondary N) is 5. The summed E-state index contributed by atoms with van der Waals surface area (Å²) < 4.78 is 29.2. The van der Waals surface area contributed by atoms with E-state index in [1.165, 1.54) is 17.2 Å². The molecule has 7 rings (SSSR count). The second-order valence-electron chi connectivity index (χ2n) is 16.9. The van der Waals surface area contributed by atoms with Crippen molar-refractivity contribution in [1.82, 2.24) is 26.6 Å². The van der Waals surface area contributed by atoms with Crippen molar-refractivity contribution in [2.24, 2.45) is 17.3 Å². The van der Waals surface area contributed by atoms with Crippen LogP contribution in [0.3, 0.4) is 0 Å². The van der Waals surface area contributed by atoms with Gasteiger partial charge in [0.25, 0.3) is 17.7 Å². The Labute approximate surface area is 472 Å². The highest BCUT2D eigenvalue weighted by molar-refractivity contribution is 7.84. The minimum absolute atomic E-state index is 0.0385. The summed E-state index contributed by atoms with van der Waals surface area (Å²) in [6.07, 6.45) is 12.0. The Bertz CT molecular complexity index is 3370. The lowest BCUT2D eigenvalue weighted by atomic mass is 10.0. The van der Waals surface area contributed by atoms with Crippen molar-refractivity contribution >= 4 is 69.1 Å². The van der Waals surface area contributed by atoms with Crippen molar-refractivity contribution in [2.75, 3.05) is 41.5 Å². The van der Waals surface area contributed by atoms with Crippen LogP contribution in [-0.2, 0) is 28.5 Å². The average Bonchev–Trinajstić information content (AvgIpc) is 3.47. The summed E-state index contributed by atoms with van der Waals surface area (Å²) in [5.74, 6) is -0.503. The first kappa shape index (κ1) is 67.1. The highest BCUT2D eigenvalue weighted by Crippen LogP contribution is 2.15. The van der Waals surface area contributed by atoms with Crippen LogP contribution in [0.5, 0.6) is 0 Å². The normalized spacial score (nSPS) is 9.95. The molecule has 0 aliphatic heterocycles. The SMILES string of the molecule is CNC(=O)C=Cc1ccc(C)cc1.CNC(=O)c1ccc(C(=O)c2ccc(C)cc2)cc1.CNC(=O)c1ccc(C=Cc2cc[n+](C)cc2)cc1.CNC(=O)c1ccc(N=[N+]=[N-])cc1.CNCc1ccc(N=[N+]=[N-])cc1.CS(=O)(=O)[O-]. The van der Waals surface area contributed by atoms with Crippen LogP contribution < -0.4 is 31.2 Å². The Morgan fingerprint density at radius 3 is 1.21 bits per heavy atom. The van der Waals surface area contributed by atoms with Gasteiger partial charge in [-0.2, -0.15) is 0 Å². The van der Waals surface area contributed by atoms with Gasteiger partial charge in [-0.1, -0.05) is 143 Å². The van der Waals surface area contributed by atoms with Gasteiger partial charge < -0.3 is 31.1 Å². The zero-order chi connectivity index (χ0) is 60.2. The first-order valence-electron chi connectivity index (χ1n) is 24.6. The molecule has 4 amide bonds. The molecule has 7 aromatic rings. The highest BCUT2D eigenvalue weighted by atomic mass is 32.2. The van der Waals surface area contributed by atoms with Gasteiger partial charge >= 0.3 is 0 Å². The van der Waals surface area contributed by atoms with Gasteiger partial charge in [0.15, 0.2) is 18.2 Å². The first-order valence-corrected chi connectivity index (χ1v) is 26.4. The first-order chi connectivity index (χ1) is 38.7. The van der Waals surface area contributed by atoms with E-state index in [2.05, 4.69) is 64.8 Å². The molecule has 5 N–H and O–H groups in total. The van der Waals surface area contributed by atoms with Gasteiger partial charge in [0, 0.05) is 108 Å². The summed E-state index contributed by atoms with van der Waals surface area (Å²) in [5, 5.41) is 20.0. The highest BCUT2D eigenvalue weighted by Gasteiger charge is 2.10. The zero-order valence-electron chi connectivity index (χ0n) is 46.5. The van der Waals surface area contributed by atoms with E-state index in [1.54, 1.807) is 94.9 Å². The minimum Gasteiger partial charge on any atom is -0.748 e. The van der Waals surface area contributed by atoms with Crippen molar-refractivity contribution < 1.29 is 41.5 Å². The monoisotopic (exact) mass is 1110 g/mol. The van der Waals surface area contributed by atoms with Crippen molar-refractivity contribution in [1.29, 1.82) is 0 Å². The van der Waals surface area contributed by atoms with E-state index in [0.29, 0.717) is 45.4 Å². The van der Waals surface area contributed by atoms with Crippen molar-refractivity contribution in [3.8, 4) is 0 Å².